The number of phenolic OH excluding ortho intramolecular Hbond substituents is 1. The Kier molecular flexibility index (Phi) is 9.43. The van der Waals surface area contributed by atoms with Crippen LogP contribution in [-0.4, -0.2) is 56.8 Å². The van der Waals surface area contributed by atoms with Crippen LogP contribution < -0.4 is 14.9 Å². The Morgan fingerprint density at radius 1 is 1.08 bits per heavy atom. The van der Waals surface area contributed by atoms with Crippen molar-refractivity contribution in [3.63, 3.8) is 0 Å². The zero-order valence-electron chi connectivity index (χ0n) is 20.1. The van der Waals surface area contributed by atoms with E-state index in [2.05, 4.69) is 10.5 Å². The Morgan fingerprint density at radius 2 is 1.81 bits per heavy atom. The molecule has 36 heavy (non-hydrogen) atoms. The standard InChI is InChI=1S/C26H29N3O6S/c1-3-35-25-17-21(9-14-24(25)30)18-27-28-26(31)19-29(16-15-20-7-5-4-6-8-20)36(32,33)23-12-10-22(34-2)11-13-23/h4-14,17-18,30H,3,15-16,19H2,1-2H3,(H,28,31). The molecule has 1 amide bonds. The van der Waals surface area contributed by atoms with Gasteiger partial charge in [-0.25, -0.2) is 13.8 Å². The van der Waals surface area contributed by atoms with Crippen LogP contribution in [0.4, 0.5) is 0 Å². The molecule has 0 aromatic heterocycles. The molecule has 0 atom stereocenters. The summed E-state index contributed by atoms with van der Waals surface area (Å²) in [6.45, 7) is 1.86. The lowest BCUT2D eigenvalue weighted by molar-refractivity contribution is -0.121. The van der Waals surface area contributed by atoms with Crippen molar-refractivity contribution in [1.82, 2.24) is 9.73 Å². The summed E-state index contributed by atoms with van der Waals surface area (Å²) in [6, 6.07) is 20.1. The summed E-state index contributed by atoms with van der Waals surface area (Å²) in [6.07, 6.45) is 1.81. The molecule has 3 rings (SSSR count). The van der Waals surface area contributed by atoms with Gasteiger partial charge in [0.2, 0.25) is 10.0 Å². The van der Waals surface area contributed by atoms with E-state index in [9.17, 15) is 18.3 Å². The lowest BCUT2D eigenvalue weighted by atomic mass is 10.1. The van der Waals surface area contributed by atoms with Crippen molar-refractivity contribution in [3.8, 4) is 17.2 Å². The minimum absolute atomic E-state index is 0.00386. The third-order valence-corrected chi connectivity index (χ3v) is 7.06. The first-order chi connectivity index (χ1) is 17.3. The fourth-order valence-electron chi connectivity index (χ4n) is 3.34. The second-order valence-corrected chi connectivity index (χ2v) is 9.64. The second kappa shape index (κ2) is 12.7. The van der Waals surface area contributed by atoms with Crippen molar-refractivity contribution in [1.29, 1.82) is 0 Å². The van der Waals surface area contributed by atoms with E-state index < -0.39 is 22.5 Å². The van der Waals surface area contributed by atoms with Crippen molar-refractivity contribution < 1.29 is 27.8 Å². The fraction of sp³-hybridized carbons (Fsp3) is 0.231. The van der Waals surface area contributed by atoms with Gasteiger partial charge in [-0.3, -0.25) is 4.79 Å². The number of carbonyl (C=O) groups is 1. The molecule has 3 aromatic rings. The van der Waals surface area contributed by atoms with Crippen LogP contribution >= 0.6 is 0 Å². The molecule has 0 aliphatic carbocycles. The molecule has 0 unspecified atom stereocenters. The van der Waals surface area contributed by atoms with Gasteiger partial charge in [0.05, 0.1) is 31.4 Å². The van der Waals surface area contributed by atoms with Crippen LogP contribution in [0.3, 0.4) is 0 Å². The van der Waals surface area contributed by atoms with Crippen LogP contribution in [0, 0.1) is 0 Å². The Balaban J connectivity index is 1.73. The number of benzene rings is 3. The normalized spacial score (nSPS) is 11.5. The number of aromatic hydroxyl groups is 1. The number of hydrogen-bond donors (Lipinski definition) is 2. The van der Waals surface area contributed by atoms with Crippen molar-refractivity contribution >= 4 is 22.1 Å². The average molecular weight is 512 g/mol. The van der Waals surface area contributed by atoms with Gasteiger partial charge >= 0.3 is 0 Å². The molecule has 190 valence electrons. The number of nitrogens with one attached hydrogen (secondary N) is 1. The molecule has 0 saturated carbocycles. The van der Waals surface area contributed by atoms with E-state index in [1.54, 1.807) is 31.2 Å². The van der Waals surface area contributed by atoms with Crippen LogP contribution in [0.2, 0.25) is 0 Å². The van der Waals surface area contributed by atoms with Gasteiger partial charge in [-0.2, -0.15) is 9.41 Å². The third-order valence-electron chi connectivity index (χ3n) is 5.20. The lowest BCUT2D eigenvalue weighted by Gasteiger charge is -2.21. The number of phenols is 1. The van der Waals surface area contributed by atoms with Crippen molar-refractivity contribution in [2.75, 3.05) is 26.8 Å². The van der Waals surface area contributed by atoms with Gasteiger partial charge in [0.25, 0.3) is 5.91 Å². The van der Waals surface area contributed by atoms with Gasteiger partial charge < -0.3 is 14.6 Å². The van der Waals surface area contributed by atoms with Crippen molar-refractivity contribution in [2.24, 2.45) is 5.10 Å². The SMILES string of the molecule is CCOc1cc(C=NNC(=O)CN(CCc2ccccc2)S(=O)(=O)c2ccc(OC)cc2)ccc1O. The third kappa shape index (κ3) is 7.30. The smallest absolute Gasteiger partial charge is 0.255 e. The minimum atomic E-state index is -3.96. The maximum atomic E-state index is 13.3. The summed E-state index contributed by atoms with van der Waals surface area (Å²) in [5, 5.41) is 13.7. The summed E-state index contributed by atoms with van der Waals surface area (Å²) in [4.78, 5) is 12.7. The summed E-state index contributed by atoms with van der Waals surface area (Å²) in [5.74, 6) is 0.222. The lowest BCUT2D eigenvalue weighted by Crippen LogP contribution is -2.40. The second-order valence-electron chi connectivity index (χ2n) is 7.70. The van der Waals surface area contributed by atoms with E-state index in [0.717, 1.165) is 9.87 Å². The van der Waals surface area contributed by atoms with E-state index in [-0.39, 0.29) is 17.2 Å². The zero-order chi connectivity index (χ0) is 26.0. The van der Waals surface area contributed by atoms with Crippen LogP contribution in [0.1, 0.15) is 18.1 Å². The molecule has 0 aliphatic rings. The summed E-state index contributed by atoms with van der Waals surface area (Å²) in [7, 11) is -2.47. The molecular formula is C26H29N3O6S. The summed E-state index contributed by atoms with van der Waals surface area (Å²) in [5.41, 5.74) is 3.90. The molecule has 2 N–H and O–H groups in total. The molecule has 0 saturated heterocycles. The fourth-order valence-corrected chi connectivity index (χ4v) is 4.73. The number of methoxy groups -OCH3 is 1. The highest BCUT2D eigenvalue weighted by Gasteiger charge is 2.26. The van der Waals surface area contributed by atoms with Crippen LogP contribution in [0.15, 0.2) is 82.8 Å². The minimum Gasteiger partial charge on any atom is -0.504 e. The van der Waals surface area contributed by atoms with Crippen LogP contribution in [0.25, 0.3) is 0 Å². The zero-order valence-corrected chi connectivity index (χ0v) is 20.9. The predicted molar refractivity (Wildman–Crippen MR) is 137 cm³/mol. The predicted octanol–water partition coefficient (Wildman–Crippen LogP) is 3.18. The highest BCUT2D eigenvalue weighted by molar-refractivity contribution is 7.89. The molecule has 0 heterocycles. The van der Waals surface area contributed by atoms with E-state index >= 15 is 0 Å². The first-order valence-electron chi connectivity index (χ1n) is 11.3. The molecule has 3 aromatic carbocycles. The highest BCUT2D eigenvalue weighted by Crippen LogP contribution is 2.26. The number of sulfonamides is 1. The number of nitrogens with zero attached hydrogens (tertiary/aromatic N) is 2. The topological polar surface area (TPSA) is 118 Å². The van der Waals surface area contributed by atoms with Crippen molar-refractivity contribution in [2.45, 2.75) is 18.2 Å². The number of ether oxygens (including phenoxy) is 2. The Hall–Kier alpha value is -3.89. The first-order valence-corrected chi connectivity index (χ1v) is 12.7. The molecule has 10 heteroatoms. The maximum Gasteiger partial charge on any atom is 0.255 e. The molecular weight excluding hydrogens is 482 g/mol. The summed E-state index contributed by atoms with van der Waals surface area (Å²) < 4.78 is 38.3. The van der Waals surface area contributed by atoms with E-state index in [1.807, 2.05) is 30.3 Å². The highest BCUT2D eigenvalue weighted by atomic mass is 32.2. The van der Waals surface area contributed by atoms with Gasteiger partial charge in [0.1, 0.15) is 5.75 Å². The quantitative estimate of drug-likeness (QED) is 0.285. The van der Waals surface area contributed by atoms with Crippen LogP contribution in [0.5, 0.6) is 17.2 Å². The number of hydrazone groups is 1. The Bertz CT molecular complexity index is 1280. The largest absolute Gasteiger partial charge is 0.504 e. The number of carbonyl (C=O) groups excluding carboxylic acids is 1. The van der Waals surface area contributed by atoms with Gasteiger partial charge in [0.15, 0.2) is 11.5 Å². The number of rotatable bonds is 12. The molecule has 0 radical (unpaired) electrons. The van der Waals surface area contributed by atoms with Gasteiger partial charge in [-0.1, -0.05) is 30.3 Å². The first kappa shape index (κ1) is 26.7. The van der Waals surface area contributed by atoms with Gasteiger partial charge in [-0.05, 0) is 66.9 Å². The summed E-state index contributed by atoms with van der Waals surface area (Å²) >= 11 is 0. The maximum absolute atomic E-state index is 13.3. The number of hydrogen-bond acceptors (Lipinski definition) is 7. The van der Waals surface area contributed by atoms with Crippen molar-refractivity contribution in [3.05, 3.63) is 83.9 Å². The molecule has 0 bridgehead atoms. The Labute approximate surface area is 211 Å². The van der Waals surface area contributed by atoms with E-state index in [1.165, 1.54) is 31.5 Å². The van der Waals surface area contributed by atoms with Gasteiger partial charge in [0, 0.05) is 6.54 Å². The molecule has 0 aliphatic heterocycles. The Morgan fingerprint density at radius 3 is 2.47 bits per heavy atom. The van der Waals surface area contributed by atoms with Crippen LogP contribution in [-0.2, 0) is 21.2 Å². The van der Waals surface area contributed by atoms with E-state index in [0.29, 0.717) is 30.1 Å². The molecule has 0 fully saturated rings. The molecule has 9 nitrogen and oxygen atoms in total. The van der Waals surface area contributed by atoms with E-state index in [4.69, 9.17) is 9.47 Å². The number of amides is 1. The molecule has 0 spiro atoms. The van der Waals surface area contributed by atoms with Gasteiger partial charge in [-0.15, -0.1) is 0 Å². The monoisotopic (exact) mass is 511 g/mol. The average Bonchev–Trinajstić information content (AvgIpc) is 2.89.